The number of hydrogen-bond donors (Lipinski definition) is 1. The molecule has 0 aromatic rings. The van der Waals surface area contributed by atoms with Crippen LogP contribution in [0.3, 0.4) is 0 Å². The van der Waals surface area contributed by atoms with Crippen LogP contribution in [0.2, 0.25) is 0 Å². The molecule has 70 valence electrons. The van der Waals surface area contributed by atoms with Crippen LogP contribution < -0.4 is 0 Å². The van der Waals surface area contributed by atoms with E-state index in [-0.39, 0.29) is 12.3 Å². The molecule has 0 fully saturated rings. The van der Waals surface area contributed by atoms with Crippen molar-refractivity contribution >= 4 is 5.78 Å². The summed E-state index contributed by atoms with van der Waals surface area (Å²) in [6.07, 6.45) is -6.36. The first-order valence-electron chi connectivity index (χ1n) is 2.53. The number of carbonyl (C=O) groups excluding carboxylic acids is 1. The van der Waals surface area contributed by atoms with Gasteiger partial charge in [0.25, 0.3) is 0 Å². The van der Waals surface area contributed by atoms with E-state index in [1.807, 2.05) is 0 Å². The predicted octanol–water partition coefficient (Wildman–Crippen LogP) is 1.82. The van der Waals surface area contributed by atoms with Crippen molar-refractivity contribution in [3.8, 4) is 0 Å². The first kappa shape index (κ1) is 10.9. The second-order valence-electron chi connectivity index (χ2n) is 1.75. The minimum atomic E-state index is -5.93. The molecule has 0 aromatic carbocycles. The minimum absolute atomic E-state index is 0.179. The summed E-state index contributed by atoms with van der Waals surface area (Å²) in [5, 5.41) is 7.76. The molecule has 0 radical (unpaired) electrons. The van der Waals surface area contributed by atoms with E-state index < -0.39 is 17.9 Å². The molecule has 0 bridgehead atoms. The lowest BCUT2D eigenvalue weighted by molar-refractivity contribution is -0.266. The third kappa shape index (κ3) is 1.93. The SMILES string of the molecule is O=C(/C=C/O)C(F)(F)C(F)(F)F. The topological polar surface area (TPSA) is 37.3 Å². The monoisotopic (exact) mass is 190 g/mol. The zero-order chi connectivity index (χ0) is 9.99. The molecule has 0 rings (SSSR count). The van der Waals surface area contributed by atoms with Crippen LogP contribution in [0.15, 0.2) is 12.3 Å². The highest BCUT2D eigenvalue weighted by molar-refractivity contribution is 5.96. The van der Waals surface area contributed by atoms with Crippen molar-refractivity contribution in [2.45, 2.75) is 12.1 Å². The molecular formula is C5H3F5O2. The molecule has 0 saturated carbocycles. The van der Waals surface area contributed by atoms with Gasteiger partial charge in [-0.2, -0.15) is 22.0 Å². The third-order valence-electron chi connectivity index (χ3n) is 0.891. The van der Waals surface area contributed by atoms with E-state index in [9.17, 15) is 26.7 Å². The van der Waals surface area contributed by atoms with Crippen LogP contribution in [0.4, 0.5) is 22.0 Å². The van der Waals surface area contributed by atoms with Gasteiger partial charge in [-0.15, -0.1) is 0 Å². The van der Waals surface area contributed by atoms with Gasteiger partial charge in [-0.1, -0.05) is 0 Å². The van der Waals surface area contributed by atoms with Crippen LogP contribution in [0.5, 0.6) is 0 Å². The summed E-state index contributed by atoms with van der Waals surface area (Å²) in [7, 11) is 0. The van der Waals surface area contributed by atoms with Gasteiger partial charge in [-0.3, -0.25) is 4.79 Å². The lowest BCUT2D eigenvalue weighted by atomic mass is 10.2. The van der Waals surface area contributed by atoms with E-state index in [4.69, 9.17) is 5.11 Å². The minimum Gasteiger partial charge on any atom is -0.515 e. The molecule has 0 aliphatic carbocycles. The van der Waals surface area contributed by atoms with E-state index in [1.54, 1.807) is 0 Å². The Morgan fingerprint density at radius 3 is 1.83 bits per heavy atom. The number of aliphatic hydroxyl groups is 1. The van der Waals surface area contributed by atoms with Crippen LogP contribution in [-0.2, 0) is 4.79 Å². The summed E-state index contributed by atoms with van der Waals surface area (Å²) in [6.45, 7) is 0. The first-order chi connectivity index (χ1) is 5.23. The highest BCUT2D eigenvalue weighted by Crippen LogP contribution is 2.36. The summed E-state index contributed by atoms with van der Waals surface area (Å²) in [4.78, 5) is 9.99. The number of allylic oxidation sites excluding steroid dienone is 1. The van der Waals surface area contributed by atoms with E-state index in [0.29, 0.717) is 0 Å². The van der Waals surface area contributed by atoms with E-state index >= 15 is 0 Å². The van der Waals surface area contributed by atoms with Crippen molar-refractivity contribution < 1.29 is 31.9 Å². The lowest BCUT2D eigenvalue weighted by Gasteiger charge is -2.15. The van der Waals surface area contributed by atoms with Gasteiger partial charge in [-0.25, -0.2) is 0 Å². The van der Waals surface area contributed by atoms with Gasteiger partial charge in [0.2, 0.25) is 5.78 Å². The Morgan fingerprint density at radius 1 is 1.17 bits per heavy atom. The molecule has 0 amide bonds. The van der Waals surface area contributed by atoms with Gasteiger partial charge in [0, 0.05) is 6.08 Å². The molecule has 7 heteroatoms. The van der Waals surface area contributed by atoms with Gasteiger partial charge in [0.15, 0.2) is 0 Å². The molecule has 0 aliphatic heterocycles. The molecule has 0 atom stereocenters. The zero-order valence-electron chi connectivity index (χ0n) is 5.40. The van der Waals surface area contributed by atoms with Gasteiger partial charge < -0.3 is 5.11 Å². The van der Waals surface area contributed by atoms with Crippen molar-refractivity contribution in [2.75, 3.05) is 0 Å². The van der Waals surface area contributed by atoms with Crippen molar-refractivity contribution in [1.29, 1.82) is 0 Å². The predicted molar refractivity (Wildman–Crippen MR) is 27.8 cm³/mol. The van der Waals surface area contributed by atoms with Gasteiger partial charge in [0.05, 0.1) is 6.26 Å². The smallest absolute Gasteiger partial charge is 0.461 e. The van der Waals surface area contributed by atoms with E-state index in [2.05, 4.69) is 0 Å². The Morgan fingerprint density at radius 2 is 1.58 bits per heavy atom. The highest BCUT2D eigenvalue weighted by atomic mass is 19.4. The van der Waals surface area contributed by atoms with E-state index in [1.165, 1.54) is 0 Å². The number of carbonyl (C=O) groups is 1. The Labute approximate surface area is 63.3 Å². The molecule has 0 spiro atoms. The Bertz CT molecular complexity index is 204. The number of halogens is 5. The molecule has 1 N–H and O–H groups in total. The molecule has 0 heterocycles. The number of rotatable bonds is 2. The van der Waals surface area contributed by atoms with Gasteiger partial charge in [0.1, 0.15) is 0 Å². The second-order valence-corrected chi connectivity index (χ2v) is 1.75. The lowest BCUT2D eigenvalue weighted by Crippen LogP contribution is -2.43. The molecular weight excluding hydrogens is 187 g/mol. The van der Waals surface area contributed by atoms with Crippen LogP contribution in [0.1, 0.15) is 0 Å². The molecule has 0 saturated heterocycles. The standard InChI is InChI=1S/C5H3F5O2/c6-4(7,5(8,9)10)3(12)1-2-11/h1-2,11H/b2-1+. The maximum Gasteiger partial charge on any atom is 0.461 e. The molecule has 2 nitrogen and oxygen atoms in total. The third-order valence-corrected chi connectivity index (χ3v) is 0.891. The molecule has 12 heavy (non-hydrogen) atoms. The Hall–Kier alpha value is -1.14. The number of hydrogen-bond acceptors (Lipinski definition) is 2. The second kappa shape index (κ2) is 3.08. The van der Waals surface area contributed by atoms with Crippen molar-refractivity contribution in [3.63, 3.8) is 0 Å². The number of aliphatic hydroxyl groups excluding tert-OH is 1. The van der Waals surface area contributed by atoms with Crippen LogP contribution in [0, 0.1) is 0 Å². The number of ketones is 1. The summed E-state index contributed by atoms with van der Waals surface area (Å²) in [5.41, 5.74) is 0. The largest absolute Gasteiger partial charge is 0.515 e. The fourth-order valence-electron chi connectivity index (χ4n) is 0.312. The fraction of sp³-hybridized carbons (Fsp3) is 0.400. The first-order valence-corrected chi connectivity index (χ1v) is 2.53. The van der Waals surface area contributed by atoms with Crippen LogP contribution >= 0.6 is 0 Å². The van der Waals surface area contributed by atoms with Crippen LogP contribution in [-0.4, -0.2) is 23.0 Å². The molecule has 0 aromatic heterocycles. The molecule has 0 unspecified atom stereocenters. The maximum absolute atomic E-state index is 11.9. The van der Waals surface area contributed by atoms with Crippen molar-refractivity contribution in [2.24, 2.45) is 0 Å². The normalized spacial score (nSPS) is 13.8. The van der Waals surface area contributed by atoms with Crippen molar-refractivity contribution in [1.82, 2.24) is 0 Å². The summed E-state index contributed by atoms with van der Waals surface area (Å²) in [5.74, 6) is -7.94. The highest BCUT2D eigenvalue weighted by Gasteiger charge is 2.62. The number of alkyl halides is 5. The summed E-state index contributed by atoms with van der Waals surface area (Å²) < 4.78 is 57.7. The Balaban J connectivity index is 4.74. The summed E-state index contributed by atoms with van der Waals surface area (Å²) >= 11 is 0. The Kier molecular flexibility index (Phi) is 2.78. The maximum atomic E-state index is 11.9. The fourth-order valence-corrected chi connectivity index (χ4v) is 0.312. The zero-order valence-corrected chi connectivity index (χ0v) is 5.40. The van der Waals surface area contributed by atoms with Crippen LogP contribution in [0.25, 0.3) is 0 Å². The van der Waals surface area contributed by atoms with Gasteiger partial charge >= 0.3 is 12.1 Å². The van der Waals surface area contributed by atoms with Gasteiger partial charge in [-0.05, 0) is 0 Å². The molecule has 0 aliphatic rings. The average Bonchev–Trinajstić information content (AvgIpc) is 1.85. The van der Waals surface area contributed by atoms with Crippen molar-refractivity contribution in [3.05, 3.63) is 12.3 Å². The summed E-state index contributed by atoms with van der Waals surface area (Å²) in [6, 6.07) is 0. The van der Waals surface area contributed by atoms with E-state index in [0.717, 1.165) is 0 Å². The quantitative estimate of drug-likeness (QED) is 0.409. The average molecular weight is 190 g/mol.